The molecule has 4 rings (SSSR count). The van der Waals surface area contributed by atoms with Crippen molar-refractivity contribution in [2.24, 2.45) is 12.5 Å². The summed E-state index contributed by atoms with van der Waals surface area (Å²) < 4.78 is 12.4. The molecular formula is C20H26N4O4. The third kappa shape index (κ3) is 3.22. The smallest absolute Gasteiger partial charge is 0.231 e. The summed E-state index contributed by atoms with van der Waals surface area (Å²) in [6, 6.07) is 3.58. The van der Waals surface area contributed by atoms with Gasteiger partial charge in [-0.05, 0) is 18.6 Å². The maximum atomic E-state index is 13.4. The summed E-state index contributed by atoms with van der Waals surface area (Å²) in [7, 11) is 3.55. The fourth-order valence-corrected chi connectivity index (χ4v) is 4.51. The number of rotatable bonds is 6. The van der Waals surface area contributed by atoms with Gasteiger partial charge in [-0.1, -0.05) is 0 Å². The number of ether oxygens (including phenoxy) is 1. The molecule has 4 heterocycles. The van der Waals surface area contributed by atoms with Crippen LogP contribution < -0.4 is 0 Å². The quantitative estimate of drug-likeness (QED) is 0.741. The van der Waals surface area contributed by atoms with E-state index in [1.807, 2.05) is 22.7 Å². The molecule has 8 heteroatoms. The topological polar surface area (TPSA) is 80.8 Å². The number of carbonyl (C=O) groups excluding carboxylic acids is 2. The predicted molar refractivity (Wildman–Crippen MR) is 100 cm³/mol. The van der Waals surface area contributed by atoms with Crippen molar-refractivity contribution >= 4 is 11.8 Å². The van der Waals surface area contributed by atoms with Crippen molar-refractivity contribution in [2.45, 2.75) is 18.8 Å². The molecule has 1 spiro atoms. The number of carbonyl (C=O) groups is 2. The monoisotopic (exact) mass is 386 g/mol. The highest BCUT2D eigenvalue weighted by atomic mass is 16.5. The van der Waals surface area contributed by atoms with Crippen LogP contribution in [0.1, 0.15) is 23.8 Å². The van der Waals surface area contributed by atoms with E-state index in [1.54, 1.807) is 36.7 Å². The summed E-state index contributed by atoms with van der Waals surface area (Å²) in [5.74, 6) is 0.624. The average molecular weight is 386 g/mol. The number of imidazole rings is 1. The van der Waals surface area contributed by atoms with Gasteiger partial charge in [0.2, 0.25) is 11.8 Å². The van der Waals surface area contributed by atoms with Crippen molar-refractivity contribution in [3.05, 3.63) is 42.4 Å². The standard InChI is InChI=1S/C20H26N4O4/c1-22-12-17(21-14-22)16-11-24(18(25)10-15-4-3-8-28-15)13-20(16)5-6-23(19(20)26)7-9-27-2/h3-4,8,12,14,16H,5-7,9-11,13H2,1-2H3/t16-,20-/m0/s1. The number of hydrogen-bond donors (Lipinski definition) is 0. The Morgan fingerprint density at radius 3 is 3.00 bits per heavy atom. The Labute approximate surface area is 164 Å². The second-order valence-corrected chi connectivity index (χ2v) is 7.74. The molecule has 0 bridgehead atoms. The van der Waals surface area contributed by atoms with Crippen LogP contribution in [-0.2, 0) is 27.8 Å². The highest BCUT2D eigenvalue weighted by Crippen LogP contribution is 2.49. The summed E-state index contributed by atoms with van der Waals surface area (Å²) in [5.41, 5.74) is 0.263. The first-order chi connectivity index (χ1) is 13.5. The van der Waals surface area contributed by atoms with Crippen LogP contribution in [0.3, 0.4) is 0 Å². The molecule has 2 fully saturated rings. The zero-order valence-electron chi connectivity index (χ0n) is 16.3. The molecule has 0 saturated carbocycles. The normalized spacial score (nSPS) is 24.6. The minimum absolute atomic E-state index is 0.0177. The highest BCUT2D eigenvalue weighted by molar-refractivity contribution is 5.88. The molecule has 0 radical (unpaired) electrons. The third-order valence-electron chi connectivity index (χ3n) is 5.99. The first-order valence-electron chi connectivity index (χ1n) is 9.60. The Bertz CT molecular complexity index is 846. The molecule has 0 unspecified atom stereocenters. The maximum Gasteiger partial charge on any atom is 0.231 e. The SMILES string of the molecule is COCCN1CC[C@@]2(CN(C(=O)Cc3ccco3)C[C@H]2c2cn(C)cn2)C1=O. The number of aromatic nitrogens is 2. The van der Waals surface area contributed by atoms with Crippen molar-refractivity contribution in [1.29, 1.82) is 0 Å². The van der Waals surface area contributed by atoms with Gasteiger partial charge in [-0.15, -0.1) is 0 Å². The van der Waals surface area contributed by atoms with Gasteiger partial charge in [0.25, 0.3) is 0 Å². The lowest BCUT2D eigenvalue weighted by Gasteiger charge is -2.27. The van der Waals surface area contributed by atoms with Gasteiger partial charge in [0.05, 0.1) is 36.7 Å². The number of amides is 2. The van der Waals surface area contributed by atoms with Crippen LogP contribution in [0.4, 0.5) is 0 Å². The first-order valence-corrected chi connectivity index (χ1v) is 9.60. The van der Waals surface area contributed by atoms with E-state index in [0.717, 1.165) is 12.1 Å². The fourth-order valence-electron chi connectivity index (χ4n) is 4.51. The molecule has 2 amide bonds. The van der Waals surface area contributed by atoms with Crippen molar-refractivity contribution in [1.82, 2.24) is 19.4 Å². The Balaban J connectivity index is 1.59. The van der Waals surface area contributed by atoms with E-state index < -0.39 is 5.41 Å². The van der Waals surface area contributed by atoms with Crippen molar-refractivity contribution in [3.63, 3.8) is 0 Å². The van der Waals surface area contributed by atoms with Crippen molar-refractivity contribution in [3.8, 4) is 0 Å². The Hall–Kier alpha value is -2.61. The molecule has 8 nitrogen and oxygen atoms in total. The molecule has 28 heavy (non-hydrogen) atoms. The lowest BCUT2D eigenvalue weighted by molar-refractivity contribution is -0.137. The second-order valence-electron chi connectivity index (χ2n) is 7.74. The van der Waals surface area contributed by atoms with Gasteiger partial charge < -0.3 is 23.5 Å². The number of nitrogens with zero attached hydrogens (tertiary/aromatic N) is 4. The van der Waals surface area contributed by atoms with E-state index in [4.69, 9.17) is 9.15 Å². The highest BCUT2D eigenvalue weighted by Gasteiger charge is 2.58. The fraction of sp³-hybridized carbons (Fsp3) is 0.550. The molecule has 0 aromatic carbocycles. The van der Waals surface area contributed by atoms with Crippen LogP contribution in [0.25, 0.3) is 0 Å². The molecular weight excluding hydrogens is 360 g/mol. The summed E-state index contributed by atoms with van der Waals surface area (Å²) in [6.45, 7) is 2.70. The minimum Gasteiger partial charge on any atom is -0.469 e. The number of likely N-dealkylation sites (tertiary alicyclic amines) is 2. The van der Waals surface area contributed by atoms with Gasteiger partial charge in [0.1, 0.15) is 5.76 Å². The van der Waals surface area contributed by atoms with Gasteiger partial charge >= 0.3 is 0 Å². The first kappa shape index (κ1) is 18.7. The van der Waals surface area contributed by atoms with E-state index >= 15 is 0 Å². The molecule has 2 saturated heterocycles. The number of furan rings is 1. The van der Waals surface area contributed by atoms with E-state index in [-0.39, 0.29) is 24.2 Å². The molecule has 2 aromatic rings. The van der Waals surface area contributed by atoms with Crippen LogP contribution >= 0.6 is 0 Å². The predicted octanol–water partition coefficient (Wildman–Crippen LogP) is 1.05. The minimum atomic E-state index is -0.610. The number of aryl methyl sites for hydroxylation is 1. The Kier molecular flexibility index (Phi) is 4.97. The molecule has 150 valence electrons. The van der Waals surface area contributed by atoms with Crippen LogP contribution in [-0.4, -0.2) is 71.1 Å². The third-order valence-corrected chi connectivity index (χ3v) is 5.99. The molecule has 0 N–H and O–H groups in total. The second kappa shape index (κ2) is 7.43. The molecule has 2 atom stereocenters. The molecule has 2 aliphatic heterocycles. The summed E-state index contributed by atoms with van der Waals surface area (Å²) in [4.78, 5) is 34.5. The lowest BCUT2D eigenvalue weighted by Crippen LogP contribution is -2.41. The van der Waals surface area contributed by atoms with Crippen LogP contribution in [0.2, 0.25) is 0 Å². The van der Waals surface area contributed by atoms with E-state index in [1.165, 1.54) is 0 Å². The van der Waals surface area contributed by atoms with Crippen LogP contribution in [0.15, 0.2) is 35.3 Å². The number of hydrogen-bond acceptors (Lipinski definition) is 5. The van der Waals surface area contributed by atoms with Crippen molar-refractivity contribution < 1.29 is 18.7 Å². The number of methoxy groups -OCH3 is 1. The zero-order valence-corrected chi connectivity index (χ0v) is 16.3. The molecule has 2 aliphatic rings. The Morgan fingerprint density at radius 1 is 1.46 bits per heavy atom. The van der Waals surface area contributed by atoms with Gasteiger partial charge in [-0.25, -0.2) is 4.98 Å². The van der Waals surface area contributed by atoms with E-state index in [2.05, 4.69) is 4.98 Å². The van der Waals surface area contributed by atoms with Gasteiger partial charge in [0.15, 0.2) is 0 Å². The van der Waals surface area contributed by atoms with Gasteiger partial charge in [-0.3, -0.25) is 9.59 Å². The van der Waals surface area contributed by atoms with Crippen LogP contribution in [0.5, 0.6) is 0 Å². The maximum absolute atomic E-state index is 13.4. The zero-order chi connectivity index (χ0) is 19.7. The van der Waals surface area contributed by atoms with Crippen LogP contribution in [0, 0.1) is 5.41 Å². The van der Waals surface area contributed by atoms with Crippen molar-refractivity contribution in [2.75, 3.05) is 39.9 Å². The lowest BCUT2D eigenvalue weighted by atomic mass is 9.75. The largest absolute Gasteiger partial charge is 0.469 e. The average Bonchev–Trinajstić information content (AvgIpc) is 3.45. The van der Waals surface area contributed by atoms with Gasteiger partial charge in [-0.2, -0.15) is 0 Å². The summed E-state index contributed by atoms with van der Waals surface area (Å²) >= 11 is 0. The Morgan fingerprint density at radius 2 is 2.32 bits per heavy atom. The summed E-state index contributed by atoms with van der Waals surface area (Å²) in [6.07, 6.45) is 6.20. The summed E-state index contributed by atoms with van der Waals surface area (Å²) in [5, 5.41) is 0. The van der Waals surface area contributed by atoms with Gasteiger partial charge in [0, 0.05) is 52.5 Å². The molecule has 2 aromatic heterocycles. The van der Waals surface area contributed by atoms with E-state index in [0.29, 0.717) is 38.5 Å². The van der Waals surface area contributed by atoms with E-state index in [9.17, 15) is 9.59 Å². The molecule has 0 aliphatic carbocycles.